The Morgan fingerprint density at radius 2 is 2.25 bits per heavy atom. The maximum absolute atomic E-state index is 9.01. The minimum Gasteiger partial charge on any atom is -0.475 e. The Bertz CT molecular complexity index is 388. The SMILES string of the molecule is CCCCn1c(C#N)cc(N)c1OC(C)C. The lowest BCUT2D eigenvalue weighted by Gasteiger charge is -2.14. The first kappa shape index (κ1) is 12.4. The normalized spacial score (nSPS) is 10.4. The number of nitrogens with two attached hydrogens (primary N) is 1. The number of nitrogen functional groups attached to an aromatic ring is 1. The predicted octanol–water partition coefficient (Wildman–Crippen LogP) is 2.53. The van der Waals surface area contributed by atoms with Gasteiger partial charge in [0, 0.05) is 12.6 Å². The second-order valence-electron chi connectivity index (χ2n) is 4.07. The first-order chi connectivity index (χ1) is 7.60. The molecule has 1 heterocycles. The lowest BCUT2D eigenvalue weighted by atomic mass is 10.3. The van der Waals surface area contributed by atoms with E-state index in [0.29, 0.717) is 17.3 Å². The van der Waals surface area contributed by atoms with Gasteiger partial charge in [-0.2, -0.15) is 5.26 Å². The first-order valence-electron chi connectivity index (χ1n) is 5.65. The number of nitrogens with zero attached hydrogens (tertiary/aromatic N) is 2. The Hall–Kier alpha value is -1.63. The van der Waals surface area contributed by atoms with Crippen LogP contribution >= 0.6 is 0 Å². The van der Waals surface area contributed by atoms with E-state index >= 15 is 0 Å². The van der Waals surface area contributed by atoms with Crippen LogP contribution in [0.2, 0.25) is 0 Å². The lowest BCUT2D eigenvalue weighted by molar-refractivity contribution is 0.222. The molecule has 4 heteroatoms. The van der Waals surface area contributed by atoms with Crippen LogP contribution in [0.1, 0.15) is 39.3 Å². The van der Waals surface area contributed by atoms with Gasteiger partial charge in [-0.1, -0.05) is 13.3 Å². The second-order valence-corrected chi connectivity index (χ2v) is 4.07. The summed E-state index contributed by atoms with van der Waals surface area (Å²) in [4.78, 5) is 0. The molecule has 4 nitrogen and oxygen atoms in total. The van der Waals surface area contributed by atoms with Crippen LogP contribution in [0.4, 0.5) is 5.69 Å². The molecule has 1 rings (SSSR count). The molecule has 16 heavy (non-hydrogen) atoms. The second kappa shape index (κ2) is 5.45. The zero-order chi connectivity index (χ0) is 12.1. The first-order valence-corrected chi connectivity index (χ1v) is 5.65. The Balaban J connectivity index is 3.03. The quantitative estimate of drug-likeness (QED) is 0.831. The topological polar surface area (TPSA) is 64.0 Å². The third-order valence-electron chi connectivity index (χ3n) is 2.27. The van der Waals surface area contributed by atoms with E-state index in [-0.39, 0.29) is 6.10 Å². The predicted molar refractivity (Wildman–Crippen MR) is 64.2 cm³/mol. The zero-order valence-corrected chi connectivity index (χ0v) is 10.2. The number of aromatic nitrogens is 1. The maximum Gasteiger partial charge on any atom is 0.218 e. The van der Waals surface area contributed by atoms with Crippen LogP contribution < -0.4 is 10.5 Å². The van der Waals surface area contributed by atoms with Crippen molar-refractivity contribution in [1.29, 1.82) is 5.26 Å². The summed E-state index contributed by atoms with van der Waals surface area (Å²) in [5.41, 5.74) is 6.95. The van der Waals surface area contributed by atoms with Gasteiger partial charge in [0.25, 0.3) is 0 Å². The highest BCUT2D eigenvalue weighted by Crippen LogP contribution is 2.27. The highest BCUT2D eigenvalue weighted by molar-refractivity contribution is 5.55. The number of ether oxygens (including phenoxy) is 1. The molecule has 0 spiro atoms. The van der Waals surface area contributed by atoms with Gasteiger partial charge in [-0.3, -0.25) is 0 Å². The van der Waals surface area contributed by atoms with Crippen molar-refractivity contribution in [3.8, 4) is 11.9 Å². The van der Waals surface area contributed by atoms with E-state index in [9.17, 15) is 0 Å². The van der Waals surface area contributed by atoms with Crippen molar-refractivity contribution in [2.24, 2.45) is 0 Å². The van der Waals surface area contributed by atoms with Crippen LogP contribution in [-0.4, -0.2) is 10.7 Å². The minimum atomic E-state index is 0.0594. The van der Waals surface area contributed by atoms with E-state index in [0.717, 1.165) is 19.4 Å². The Labute approximate surface area is 96.6 Å². The fraction of sp³-hybridized carbons (Fsp3) is 0.583. The van der Waals surface area contributed by atoms with Crippen LogP contribution in [0.25, 0.3) is 0 Å². The summed E-state index contributed by atoms with van der Waals surface area (Å²) in [6.45, 7) is 6.78. The van der Waals surface area contributed by atoms with Gasteiger partial charge >= 0.3 is 0 Å². The van der Waals surface area contributed by atoms with Gasteiger partial charge in [0.15, 0.2) is 0 Å². The fourth-order valence-electron chi connectivity index (χ4n) is 1.54. The molecule has 1 aromatic heterocycles. The van der Waals surface area contributed by atoms with Gasteiger partial charge in [0.2, 0.25) is 5.88 Å². The van der Waals surface area contributed by atoms with Crippen LogP contribution in [0.3, 0.4) is 0 Å². The minimum absolute atomic E-state index is 0.0594. The van der Waals surface area contributed by atoms with Gasteiger partial charge < -0.3 is 15.0 Å². The summed E-state index contributed by atoms with van der Waals surface area (Å²) in [7, 11) is 0. The molecular weight excluding hydrogens is 202 g/mol. The molecule has 0 saturated carbocycles. The molecule has 0 saturated heterocycles. The Morgan fingerprint density at radius 1 is 1.56 bits per heavy atom. The smallest absolute Gasteiger partial charge is 0.218 e. The van der Waals surface area contributed by atoms with Crippen LogP contribution in [0.5, 0.6) is 5.88 Å². The van der Waals surface area contributed by atoms with Gasteiger partial charge in [0.1, 0.15) is 11.8 Å². The van der Waals surface area contributed by atoms with E-state index in [1.165, 1.54) is 0 Å². The van der Waals surface area contributed by atoms with Crippen molar-refractivity contribution in [3.63, 3.8) is 0 Å². The van der Waals surface area contributed by atoms with E-state index in [1.54, 1.807) is 6.07 Å². The fourth-order valence-corrected chi connectivity index (χ4v) is 1.54. The molecule has 0 radical (unpaired) electrons. The highest BCUT2D eigenvalue weighted by Gasteiger charge is 2.14. The summed E-state index contributed by atoms with van der Waals surface area (Å²) in [5, 5.41) is 9.01. The third-order valence-corrected chi connectivity index (χ3v) is 2.27. The number of rotatable bonds is 5. The maximum atomic E-state index is 9.01. The van der Waals surface area contributed by atoms with Crippen molar-refractivity contribution in [1.82, 2.24) is 4.57 Å². The molecule has 0 amide bonds. The van der Waals surface area contributed by atoms with Crippen molar-refractivity contribution in [3.05, 3.63) is 11.8 Å². The van der Waals surface area contributed by atoms with Crippen LogP contribution in [-0.2, 0) is 6.54 Å². The molecular formula is C12H19N3O. The molecule has 0 aliphatic heterocycles. The monoisotopic (exact) mass is 221 g/mol. The number of nitriles is 1. The number of hydrogen-bond donors (Lipinski definition) is 1. The molecule has 0 fully saturated rings. The van der Waals surface area contributed by atoms with Gasteiger partial charge in [-0.25, -0.2) is 0 Å². The van der Waals surface area contributed by atoms with E-state index in [1.807, 2.05) is 18.4 Å². The van der Waals surface area contributed by atoms with E-state index in [2.05, 4.69) is 13.0 Å². The molecule has 0 aromatic carbocycles. The van der Waals surface area contributed by atoms with E-state index < -0.39 is 0 Å². The third kappa shape index (κ3) is 2.69. The summed E-state index contributed by atoms with van der Waals surface area (Å²) in [6, 6.07) is 3.82. The lowest BCUT2D eigenvalue weighted by Crippen LogP contribution is -2.12. The van der Waals surface area contributed by atoms with Crippen molar-refractivity contribution >= 4 is 5.69 Å². The molecule has 0 unspecified atom stereocenters. The molecule has 0 bridgehead atoms. The van der Waals surface area contributed by atoms with Gasteiger partial charge in [-0.05, 0) is 20.3 Å². The van der Waals surface area contributed by atoms with Gasteiger partial charge in [-0.15, -0.1) is 0 Å². The largest absolute Gasteiger partial charge is 0.475 e. The van der Waals surface area contributed by atoms with Crippen molar-refractivity contribution < 1.29 is 4.74 Å². The number of unbranched alkanes of at least 4 members (excludes halogenated alkanes) is 1. The van der Waals surface area contributed by atoms with E-state index in [4.69, 9.17) is 15.7 Å². The average molecular weight is 221 g/mol. The van der Waals surface area contributed by atoms with Crippen molar-refractivity contribution in [2.45, 2.75) is 46.3 Å². The standard InChI is InChI=1S/C12H19N3O/c1-4-5-6-15-10(8-13)7-11(14)12(15)16-9(2)3/h7,9H,4-6,14H2,1-3H3. The molecule has 0 atom stereocenters. The summed E-state index contributed by atoms with van der Waals surface area (Å²) in [5.74, 6) is 0.625. The summed E-state index contributed by atoms with van der Waals surface area (Å²) >= 11 is 0. The van der Waals surface area contributed by atoms with Crippen LogP contribution in [0, 0.1) is 11.3 Å². The average Bonchev–Trinajstić information content (AvgIpc) is 2.52. The van der Waals surface area contributed by atoms with Gasteiger partial charge in [0.05, 0.1) is 11.8 Å². The molecule has 2 N–H and O–H groups in total. The zero-order valence-electron chi connectivity index (χ0n) is 10.2. The summed E-state index contributed by atoms with van der Waals surface area (Å²) < 4.78 is 7.50. The Morgan fingerprint density at radius 3 is 2.75 bits per heavy atom. The van der Waals surface area contributed by atoms with Crippen molar-refractivity contribution in [2.75, 3.05) is 5.73 Å². The highest BCUT2D eigenvalue weighted by atomic mass is 16.5. The molecule has 0 aliphatic carbocycles. The van der Waals surface area contributed by atoms with Crippen LogP contribution in [0.15, 0.2) is 6.07 Å². The number of anilines is 1. The molecule has 0 aliphatic rings. The summed E-state index contributed by atoms with van der Waals surface area (Å²) in [6.07, 6.45) is 2.14. The molecule has 1 aromatic rings. The Kier molecular flexibility index (Phi) is 4.24. The number of hydrogen-bond acceptors (Lipinski definition) is 3. The molecule has 88 valence electrons.